The highest BCUT2D eigenvalue weighted by Crippen LogP contribution is 2.31. The van der Waals surface area contributed by atoms with E-state index in [2.05, 4.69) is 4.72 Å². The normalized spacial score (nSPS) is 11.5. The van der Waals surface area contributed by atoms with Gasteiger partial charge in [0.15, 0.2) is 0 Å². The molecule has 0 unspecified atom stereocenters. The van der Waals surface area contributed by atoms with E-state index in [0.717, 1.165) is 0 Å². The summed E-state index contributed by atoms with van der Waals surface area (Å²) >= 11 is 13.4. The van der Waals surface area contributed by atoms with Crippen LogP contribution in [0.5, 0.6) is 0 Å². The molecule has 0 radical (unpaired) electrons. The Kier molecular flexibility index (Phi) is 4.37. The van der Waals surface area contributed by atoms with Crippen LogP contribution in [0.2, 0.25) is 10.0 Å². The first kappa shape index (κ1) is 14.6. The average Bonchev–Trinajstić information content (AvgIpc) is 2.81. The Hall–Kier alpha value is -0.790. The van der Waals surface area contributed by atoms with Crippen molar-refractivity contribution in [2.24, 2.45) is 5.73 Å². The molecule has 0 aliphatic heterocycles. The first-order valence-electron chi connectivity index (χ1n) is 5.17. The molecule has 8 heteroatoms. The lowest BCUT2D eigenvalue weighted by Crippen LogP contribution is -2.14. The van der Waals surface area contributed by atoms with Crippen LogP contribution in [0.1, 0.15) is 5.56 Å². The summed E-state index contributed by atoms with van der Waals surface area (Å²) in [4.78, 5) is -0.0368. The molecule has 19 heavy (non-hydrogen) atoms. The van der Waals surface area contributed by atoms with E-state index in [0.29, 0.717) is 16.3 Å². The zero-order valence-electron chi connectivity index (χ0n) is 9.56. The maximum atomic E-state index is 12.2. The molecule has 4 nitrogen and oxygen atoms in total. The van der Waals surface area contributed by atoms with Gasteiger partial charge in [-0.2, -0.15) is 11.3 Å². The summed E-state index contributed by atoms with van der Waals surface area (Å²) in [6.07, 6.45) is 0. The van der Waals surface area contributed by atoms with Crippen molar-refractivity contribution in [2.75, 3.05) is 4.72 Å². The number of nitrogens with one attached hydrogen (secondary N) is 1. The largest absolute Gasteiger partial charge is 0.326 e. The predicted octanol–water partition coefficient (Wildman–Crippen LogP) is 3.31. The van der Waals surface area contributed by atoms with Gasteiger partial charge in [-0.15, -0.1) is 0 Å². The third kappa shape index (κ3) is 3.04. The molecule has 0 fully saturated rings. The molecule has 1 aromatic heterocycles. The van der Waals surface area contributed by atoms with Crippen LogP contribution in [0, 0.1) is 0 Å². The summed E-state index contributed by atoms with van der Waals surface area (Å²) in [6.45, 7) is 0.0689. The van der Waals surface area contributed by atoms with Gasteiger partial charge < -0.3 is 5.73 Å². The highest BCUT2D eigenvalue weighted by Gasteiger charge is 2.21. The Morgan fingerprint density at radius 1 is 1.26 bits per heavy atom. The van der Waals surface area contributed by atoms with E-state index in [4.69, 9.17) is 28.9 Å². The van der Waals surface area contributed by atoms with Gasteiger partial charge in [0.1, 0.15) is 4.90 Å². The van der Waals surface area contributed by atoms with Gasteiger partial charge in [0.2, 0.25) is 0 Å². The molecule has 0 aliphatic carbocycles. The molecule has 0 aliphatic rings. The van der Waals surface area contributed by atoms with E-state index in [-0.39, 0.29) is 16.5 Å². The molecule has 2 rings (SSSR count). The third-order valence-corrected chi connectivity index (χ3v) is 5.42. The quantitative estimate of drug-likeness (QED) is 0.899. The van der Waals surface area contributed by atoms with Gasteiger partial charge in [0, 0.05) is 22.5 Å². The van der Waals surface area contributed by atoms with Crippen LogP contribution in [0.3, 0.4) is 0 Å². The zero-order chi connectivity index (χ0) is 14.0. The minimum absolute atomic E-state index is 0.0368. The number of hydrogen-bond donors (Lipinski definition) is 2. The Morgan fingerprint density at radius 2 is 2.00 bits per heavy atom. The van der Waals surface area contributed by atoms with E-state index >= 15 is 0 Å². The summed E-state index contributed by atoms with van der Waals surface area (Å²) in [7, 11) is -3.75. The monoisotopic (exact) mass is 336 g/mol. The standard InChI is InChI=1S/C11H10Cl2N2O2S2/c12-9-1-2-10(11(13)8(9)5-14)19(16,17)15-7-3-4-18-6-7/h1-4,6,15H,5,14H2. The Morgan fingerprint density at radius 3 is 2.58 bits per heavy atom. The van der Waals surface area contributed by atoms with Crippen LogP contribution in [0.15, 0.2) is 33.9 Å². The minimum atomic E-state index is -3.75. The fourth-order valence-corrected chi connectivity index (χ4v) is 4.15. The molecule has 102 valence electrons. The topological polar surface area (TPSA) is 72.2 Å². The van der Waals surface area contributed by atoms with Crippen molar-refractivity contribution in [3.63, 3.8) is 0 Å². The number of anilines is 1. The molecule has 3 N–H and O–H groups in total. The first-order chi connectivity index (χ1) is 8.95. The van der Waals surface area contributed by atoms with E-state index in [1.165, 1.54) is 23.5 Å². The zero-order valence-corrected chi connectivity index (χ0v) is 12.7. The van der Waals surface area contributed by atoms with Crippen molar-refractivity contribution in [1.29, 1.82) is 0 Å². The lowest BCUT2D eigenvalue weighted by atomic mass is 10.2. The van der Waals surface area contributed by atoms with E-state index < -0.39 is 10.0 Å². The summed E-state index contributed by atoms with van der Waals surface area (Å²) < 4.78 is 26.9. The van der Waals surface area contributed by atoms with Crippen molar-refractivity contribution in [3.05, 3.63) is 44.6 Å². The molecule has 0 bridgehead atoms. The molecular weight excluding hydrogens is 327 g/mol. The number of thiophene rings is 1. The Balaban J connectivity index is 2.47. The second kappa shape index (κ2) is 5.68. The van der Waals surface area contributed by atoms with Crippen molar-refractivity contribution in [3.8, 4) is 0 Å². The minimum Gasteiger partial charge on any atom is -0.326 e. The van der Waals surface area contributed by atoms with Crippen molar-refractivity contribution in [1.82, 2.24) is 0 Å². The first-order valence-corrected chi connectivity index (χ1v) is 8.36. The Bertz CT molecular complexity index is 685. The van der Waals surface area contributed by atoms with E-state index in [1.807, 2.05) is 0 Å². The SMILES string of the molecule is NCc1c(Cl)ccc(S(=O)(=O)Nc2ccsc2)c1Cl. The van der Waals surface area contributed by atoms with Gasteiger partial charge in [-0.05, 0) is 23.6 Å². The van der Waals surface area contributed by atoms with Crippen molar-refractivity contribution < 1.29 is 8.42 Å². The molecule has 0 amide bonds. The number of hydrogen-bond acceptors (Lipinski definition) is 4. The lowest BCUT2D eigenvalue weighted by molar-refractivity contribution is 0.601. The molecule has 0 saturated carbocycles. The van der Waals surface area contributed by atoms with E-state index in [1.54, 1.807) is 16.8 Å². The van der Waals surface area contributed by atoms with Crippen molar-refractivity contribution in [2.45, 2.75) is 11.4 Å². The van der Waals surface area contributed by atoms with Crippen LogP contribution >= 0.6 is 34.5 Å². The molecule has 0 spiro atoms. The maximum Gasteiger partial charge on any atom is 0.263 e. The van der Waals surface area contributed by atoms with Crippen LogP contribution in [0.25, 0.3) is 0 Å². The van der Waals surface area contributed by atoms with Gasteiger partial charge in [-0.1, -0.05) is 23.2 Å². The summed E-state index contributed by atoms with van der Waals surface area (Å²) in [6, 6.07) is 4.49. The average molecular weight is 337 g/mol. The summed E-state index contributed by atoms with van der Waals surface area (Å²) in [5.41, 5.74) is 6.42. The van der Waals surface area contributed by atoms with Gasteiger partial charge in [-0.3, -0.25) is 4.72 Å². The number of nitrogens with two attached hydrogens (primary N) is 1. The fourth-order valence-electron chi connectivity index (χ4n) is 1.50. The van der Waals surface area contributed by atoms with Crippen LogP contribution in [-0.2, 0) is 16.6 Å². The molecule has 2 aromatic rings. The maximum absolute atomic E-state index is 12.2. The highest BCUT2D eigenvalue weighted by molar-refractivity contribution is 7.92. The molecule has 1 heterocycles. The number of rotatable bonds is 4. The van der Waals surface area contributed by atoms with Crippen LogP contribution in [-0.4, -0.2) is 8.42 Å². The third-order valence-electron chi connectivity index (χ3n) is 2.42. The second-order valence-corrected chi connectivity index (χ2v) is 6.88. The Labute approximate surface area is 125 Å². The molecule has 0 atom stereocenters. The summed E-state index contributed by atoms with van der Waals surface area (Å²) in [5, 5.41) is 3.86. The lowest BCUT2D eigenvalue weighted by Gasteiger charge is -2.11. The van der Waals surface area contributed by atoms with E-state index in [9.17, 15) is 8.42 Å². The molecule has 0 saturated heterocycles. The predicted molar refractivity (Wildman–Crippen MR) is 79.5 cm³/mol. The van der Waals surface area contributed by atoms with Gasteiger partial charge in [0.25, 0.3) is 10.0 Å². The number of sulfonamides is 1. The smallest absolute Gasteiger partial charge is 0.263 e. The van der Waals surface area contributed by atoms with Gasteiger partial charge in [-0.25, -0.2) is 8.42 Å². The molecular formula is C11H10Cl2N2O2S2. The second-order valence-electron chi connectivity index (χ2n) is 3.66. The van der Waals surface area contributed by atoms with Gasteiger partial charge in [0.05, 0.1) is 10.7 Å². The fraction of sp³-hybridized carbons (Fsp3) is 0.0909. The van der Waals surface area contributed by atoms with Gasteiger partial charge >= 0.3 is 0 Å². The van der Waals surface area contributed by atoms with Crippen molar-refractivity contribution >= 4 is 50.2 Å². The number of halogens is 2. The highest BCUT2D eigenvalue weighted by atomic mass is 35.5. The summed E-state index contributed by atoms with van der Waals surface area (Å²) in [5.74, 6) is 0. The van der Waals surface area contributed by atoms with Crippen LogP contribution in [0.4, 0.5) is 5.69 Å². The molecule has 1 aromatic carbocycles. The van der Waals surface area contributed by atoms with Crippen LogP contribution < -0.4 is 10.5 Å². The number of benzene rings is 1.